The highest BCUT2D eigenvalue weighted by Crippen LogP contribution is 2.11. The maximum absolute atomic E-state index is 11.9. The number of methoxy groups -OCH3 is 1. The van der Waals surface area contributed by atoms with E-state index in [1.54, 1.807) is 37.6 Å². The molecule has 2 aromatic rings. The van der Waals surface area contributed by atoms with Crippen LogP contribution in [0.3, 0.4) is 0 Å². The summed E-state index contributed by atoms with van der Waals surface area (Å²) in [7, 11) is 1.58. The Morgan fingerprint density at radius 3 is 2.41 bits per heavy atom. The molecule has 22 heavy (non-hydrogen) atoms. The highest BCUT2D eigenvalue weighted by Gasteiger charge is 2.03. The third-order valence-corrected chi connectivity index (χ3v) is 2.98. The van der Waals surface area contributed by atoms with E-state index in [0.29, 0.717) is 11.3 Å². The van der Waals surface area contributed by atoms with Gasteiger partial charge in [0.1, 0.15) is 5.75 Å². The molecule has 0 aliphatic rings. The van der Waals surface area contributed by atoms with Gasteiger partial charge in [0.2, 0.25) is 0 Å². The molecule has 2 aromatic carbocycles. The molecule has 1 N–H and O–H groups in total. The molecule has 0 aliphatic carbocycles. The molecule has 0 atom stereocenters. The molecule has 4 heteroatoms. The molecule has 0 saturated carbocycles. The number of hydrogen-bond acceptors (Lipinski definition) is 3. The Hall–Kier alpha value is -2.88. The molecular formula is C18H18N2O2. The molecule has 0 bridgehead atoms. The molecular weight excluding hydrogens is 276 g/mol. The first-order valence-electron chi connectivity index (χ1n) is 6.90. The molecule has 1 amide bonds. The zero-order valence-corrected chi connectivity index (χ0v) is 12.6. The van der Waals surface area contributed by atoms with Crippen LogP contribution in [0, 0.1) is 0 Å². The molecule has 0 saturated heterocycles. The van der Waals surface area contributed by atoms with Crippen molar-refractivity contribution in [2.24, 2.45) is 5.10 Å². The van der Waals surface area contributed by atoms with Crippen LogP contribution >= 0.6 is 0 Å². The van der Waals surface area contributed by atoms with E-state index in [1.165, 1.54) is 0 Å². The maximum atomic E-state index is 11.9. The van der Waals surface area contributed by atoms with Crippen molar-refractivity contribution in [1.82, 2.24) is 5.43 Å². The number of amides is 1. The number of nitrogens with zero attached hydrogens (tertiary/aromatic N) is 1. The fourth-order valence-electron chi connectivity index (χ4n) is 1.85. The second-order valence-corrected chi connectivity index (χ2v) is 4.73. The number of allylic oxidation sites excluding steroid dienone is 1. The number of ether oxygens (including phenoxy) is 1. The van der Waals surface area contributed by atoms with Gasteiger partial charge >= 0.3 is 0 Å². The molecule has 0 heterocycles. The second kappa shape index (κ2) is 7.78. The SMILES string of the molecule is COc1ccc(C(=O)N/N=C\C(C)=C/c2ccccc2)cc1. The standard InChI is InChI=1S/C18H18N2O2/c1-14(12-15-6-4-3-5-7-15)13-19-20-18(21)16-8-10-17(22-2)11-9-16/h3-13H,1-2H3,(H,20,21)/b14-12-,19-13-. The van der Waals surface area contributed by atoms with Crippen molar-refractivity contribution in [3.05, 3.63) is 71.3 Å². The van der Waals surface area contributed by atoms with Crippen molar-refractivity contribution >= 4 is 18.2 Å². The summed E-state index contributed by atoms with van der Waals surface area (Å²) in [5.74, 6) is 0.452. The van der Waals surface area contributed by atoms with E-state index < -0.39 is 0 Å². The maximum Gasteiger partial charge on any atom is 0.271 e. The van der Waals surface area contributed by atoms with Gasteiger partial charge in [-0.15, -0.1) is 0 Å². The molecule has 0 fully saturated rings. The minimum atomic E-state index is -0.258. The summed E-state index contributed by atoms with van der Waals surface area (Å²) in [5.41, 5.74) is 5.07. The van der Waals surface area contributed by atoms with Crippen LogP contribution in [0.5, 0.6) is 5.75 Å². The van der Waals surface area contributed by atoms with Crippen molar-refractivity contribution in [1.29, 1.82) is 0 Å². The van der Waals surface area contributed by atoms with Crippen LogP contribution in [0.2, 0.25) is 0 Å². The average molecular weight is 294 g/mol. The van der Waals surface area contributed by atoms with Crippen LogP contribution < -0.4 is 10.2 Å². The average Bonchev–Trinajstić information content (AvgIpc) is 2.55. The first kappa shape index (κ1) is 15.5. The molecule has 0 radical (unpaired) electrons. The zero-order valence-electron chi connectivity index (χ0n) is 12.6. The lowest BCUT2D eigenvalue weighted by molar-refractivity contribution is 0.0955. The molecule has 0 spiro atoms. The second-order valence-electron chi connectivity index (χ2n) is 4.73. The van der Waals surface area contributed by atoms with E-state index in [9.17, 15) is 4.79 Å². The molecule has 4 nitrogen and oxygen atoms in total. The van der Waals surface area contributed by atoms with Gasteiger partial charge in [-0.25, -0.2) is 5.43 Å². The van der Waals surface area contributed by atoms with Crippen LogP contribution in [0.4, 0.5) is 0 Å². The minimum absolute atomic E-state index is 0.258. The summed E-state index contributed by atoms with van der Waals surface area (Å²) in [4.78, 5) is 11.9. The van der Waals surface area contributed by atoms with Crippen molar-refractivity contribution in [3.8, 4) is 5.75 Å². The lowest BCUT2D eigenvalue weighted by atomic mass is 10.1. The van der Waals surface area contributed by atoms with Crippen LogP contribution in [-0.4, -0.2) is 19.2 Å². The Morgan fingerprint density at radius 1 is 1.09 bits per heavy atom. The molecule has 0 aliphatic heterocycles. The summed E-state index contributed by atoms with van der Waals surface area (Å²) in [6.07, 6.45) is 3.61. The largest absolute Gasteiger partial charge is 0.497 e. The van der Waals surface area contributed by atoms with Gasteiger partial charge in [0, 0.05) is 5.56 Å². The van der Waals surface area contributed by atoms with E-state index in [0.717, 1.165) is 11.1 Å². The molecule has 0 unspecified atom stereocenters. The van der Waals surface area contributed by atoms with Crippen LogP contribution in [-0.2, 0) is 0 Å². The highest BCUT2D eigenvalue weighted by atomic mass is 16.5. The lowest BCUT2D eigenvalue weighted by Gasteiger charge is -2.02. The highest BCUT2D eigenvalue weighted by molar-refractivity contribution is 5.95. The van der Waals surface area contributed by atoms with Gasteiger partial charge in [0.05, 0.1) is 13.3 Å². The monoisotopic (exact) mass is 294 g/mol. The van der Waals surface area contributed by atoms with E-state index in [2.05, 4.69) is 10.5 Å². The predicted octanol–water partition coefficient (Wildman–Crippen LogP) is 3.51. The Labute approximate surface area is 130 Å². The van der Waals surface area contributed by atoms with Gasteiger partial charge in [-0.3, -0.25) is 4.79 Å². The summed E-state index contributed by atoms with van der Waals surface area (Å²) < 4.78 is 5.05. The Kier molecular flexibility index (Phi) is 5.49. The van der Waals surface area contributed by atoms with Gasteiger partial charge in [-0.1, -0.05) is 36.4 Å². The normalized spacial score (nSPS) is 11.5. The lowest BCUT2D eigenvalue weighted by Crippen LogP contribution is -2.17. The Balaban J connectivity index is 1.93. The van der Waals surface area contributed by atoms with Crippen molar-refractivity contribution in [2.75, 3.05) is 7.11 Å². The van der Waals surface area contributed by atoms with Gasteiger partial charge in [-0.2, -0.15) is 5.10 Å². The van der Waals surface area contributed by atoms with Gasteiger partial charge in [0.25, 0.3) is 5.91 Å². The van der Waals surface area contributed by atoms with Crippen molar-refractivity contribution in [2.45, 2.75) is 6.92 Å². The minimum Gasteiger partial charge on any atom is -0.497 e. The summed E-state index contributed by atoms with van der Waals surface area (Å²) in [5, 5.41) is 3.96. The van der Waals surface area contributed by atoms with E-state index in [-0.39, 0.29) is 5.91 Å². The molecule has 0 aromatic heterocycles. The number of benzene rings is 2. The van der Waals surface area contributed by atoms with Gasteiger partial charge in [0.15, 0.2) is 0 Å². The van der Waals surface area contributed by atoms with E-state index >= 15 is 0 Å². The summed E-state index contributed by atoms with van der Waals surface area (Å²) in [6.45, 7) is 1.93. The summed E-state index contributed by atoms with van der Waals surface area (Å²) in [6, 6.07) is 16.8. The number of carbonyl (C=O) groups is 1. The van der Waals surface area contributed by atoms with Gasteiger partial charge < -0.3 is 4.74 Å². The Bertz CT molecular complexity index is 674. The van der Waals surface area contributed by atoms with Crippen LogP contribution in [0.25, 0.3) is 6.08 Å². The van der Waals surface area contributed by atoms with E-state index in [1.807, 2.05) is 43.3 Å². The quantitative estimate of drug-likeness (QED) is 0.677. The number of rotatable bonds is 5. The zero-order chi connectivity index (χ0) is 15.8. The van der Waals surface area contributed by atoms with Crippen molar-refractivity contribution in [3.63, 3.8) is 0 Å². The first-order valence-corrected chi connectivity index (χ1v) is 6.90. The Morgan fingerprint density at radius 2 is 1.77 bits per heavy atom. The van der Waals surface area contributed by atoms with Gasteiger partial charge in [-0.05, 0) is 42.3 Å². The fraction of sp³-hybridized carbons (Fsp3) is 0.111. The van der Waals surface area contributed by atoms with Crippen LogP contribution in [0.15, 0.2) is 65.3 Å². The smallest absolute Gasteiger partial charge is 0.271 e. The third-order valence-electron chi connectivity index (χ3n) is 2.98. The van der Waals surface area contributed by atoms with Crippen molar-refractivity contribution < 1.29 is 9.53 Å². The van der Waals surface area contributed by atoms with Crippen LogP contribution in [0.1, 0.15) is 22.8 Å². The first-order chi connectivity index (χ1) is 10.7. The number of carbonyl (C=O) groups excluding carboxylic acids is 1. The summed E-state index contributed by atoms with van der Waals surface area (Å²) >= 11 is 0. The number of nitrogens with one attached hydrogen (secondary N) is 1. The fourth-order valence-corrected chi connectivity index (χ4v) is 1.85. The number of hydrogen-bond donors (Lipinski definition) is 1. The molecule has 2 rings (SSSR count). The molecule has 112 valence electrons. The predicted molar refractivity (Wildman–Crippen MR) is 89.0 cm³/mol. The third kappa shape index (κ3) is 4.59. The topological polar surface area (TPSA) is 50.7 Å². The van der Waals surface area contributed by atoms with E-state index in [4.69, 9.17) is 4.74 Å². The number of hydrazone groups is 1.